The number of carbonyl (C=O) groups is 1. The molecule has 0 unspecified atom stereocenters. The van der Waals surface area contributed by atoms with Crippen molar-refractivity contribution in [3.05, 3.63) is 76.8 Å². The van der Waals surface area contributed by atoms with Crippen LogP contribution < -0.4 is 10.6 Å². The molecule has 0 aliphatic rings. The molecule has 1 amide bonds. The summed E-state index contributed by atoms with van der Waals surface area (Å²) in [5, 5.41) is 16.5. The number of hydrogen-bond acceptors (Lipinski definition) is 5. The van der Waals surface area contributed by atoms with Crippen molar-refractivity contribution in [2.45, 2.75) is 6.92 Å². The summed E-state index contributed by atoms with van der Waals surface area (Å²) < 4.78 is 5.76. The van der Waals surface area contributed by atoms with Gasteiger partial charge in [-0.25, -0.2) is 4.98 Å². The van der Waals surface area contributed by atoms with Crippen LogP contribution in [0.25, 0.3) is 22.6 Å². The zero-order valence-electron chi connectivity index (χ0n) is 15.8. The van der Waals surface area contributed by atoms with E-state index in [1.165, 1.54) is 6.07 Å². The number of amides is 1. The maximum Gasteiger partial charge on any atom is 0.257 e. The van der Waals surface area contributed by atoms with E-state index < -0.39 is 0 Å². The number of fused-ring (bicyclic) bond motifs is 1. The molecule has 0 radical (unpaired) electrons. The van der Waals surface area contributed by atoms with Crippen molar-refractivity contribution in [2.75, 3.05) is 5.32 Å². The molecule has 0 bridgehead atoms. The van der Waals surface area contributed by atoms with E-state index in [1.54, 1.807) is 36.4 Å². The lowest BCUT2D eigenvalue weighted by molar-refractivity contribution is 0.0977. The molecular formula is C22H16ClN3O3S. The highest BCUT2D eigenvalue weighted by Crippen LogP contribution is 2.33. The molecule has 30 heavy (non-hydrogen) atoms. The Morgan fingerprint density at radius 2 is 1.87 bits per heavy atom. The van der Waals surface area contributed by atoms with Gasteiger partial charge in [0, 0.05) is 22.3 Å². The van der Waals surface area contributed by atoms with Crippen molar-refractivity contribution in [1.29, 1.82) is 0 Å². The van der Waals surface area contributed by atoms with Gasteiger partial charge in [-0.05, 0) is 73.2 Å². The molecular weight excluding hydrogens is 422 g/mol. The molecule has 0 aliphatic carbocycles. The molecule has 0 fully saturated rings. The third-order valence-electron chi connectivity index (χ3n) is 4.36. The third-order valence-corrected chi connectivity index (χ3v) is 4.82. The van der Waals surface area contributed by atoms with E-state index in [0.29, 0.717) is 38.8 Å². The van der Waals surface area contributed by atoms with Crippen LogP contribution in [0.5, 0.6) is 5.75 Å². The maximum absolute atomic E-state index is 12.2. The SMILES string of the molecule is Cc1ccc2nc(-c3ccc(NC(=S)NC(=O)c4ccc(Cl)cc4)cc3O)oc2c1. The zero-order valence-corrected chi connectivity index (χ0v) is 17.3. The highest BCUT2D eigenvalue weighted by Gasteiger charge is 2.14. The summed E-state index contributed by atoms with van der Waals surface area (Å²) in [6.45, 7) is 1.97. The third kappa shape index (κ3) is 4.27. The predicted octanol–water partition coefficient (Wildman–Crippen LogP) is 5.29. The number of thiocarbonyl (C=S) groups is 1. The molecule has 4 aromatic rings. The summed E-state index contributed by atoms with van der Waals surface area (Å²) in [5.74, 6) is -0.0832. The Kier molecular flexibility index (Phi) is 5.39. The molecule has 4 rings (SSSR count). The van der Waals surface area contributed by atoms with Gasteiger partial charge in [-0.3, -0.25) is 10.1 Å². The van der Waals surface area contributed by atoms with E-state index >= 15 is 0 Å². The van der Waals surface area contributed by atoms with Crippen molar-refractivity contribution < 1.29 is 14.3 Å². The van der Waals surface area contributed by atoms with E-state index in [2.05, 4.69) is 15.6 Å². The monoisotopic (exact) mass is 437 g/mol. The van der Waals surface area contributed by atoms with Gasteiger partial charge in [-0.2, -0.15) is 0 Å². The van der Waals surface area contributed by atoms with Gasteiger partial charge in [0.15, 0.2) is 10.7 Å². The van der Waals surface area contributed by atoms with E-state index in [0.717, 1.165) is 5.56 Å². The van der Waals surface area contributed by atoms with Crippen LogP contribution in [0.1, 0.15) is 15.9 Å². The van der Waals surface area contributed by atoms with Crippen LogP contribution in [0.4, 0.5) is 5.69 Å². The Morgan fingerprint density at radius 1 is 1.10 bits per heavy atom. The van der Waals surface area contributed by atoms with Crippen LogP contribution in [0.3, 0.4) is 0 Å². The Hall–Kier alpha value is -3.42. The first kappa shape index (κ1) is 19.9. The second kappa shape index (κ2) is 8.14. The van der Waals surface area contributed by atoms with E-state index in [-0.39, 0.29) is 16.8 Å². The van der Waals surface area contributed by atoms with Gasteiger partial charge >= 0.3 is 0 Å². The molecule has 0 spiro atoms. The molecule has 6 nitrogen and oxygen atoms in total. The van der Waals surface area contributed by atoms with Gasteiger partial charge in [0.2, 0.25) is 5.89 Å². The summed E-state index contributed by atoms with van der Waals surface area (Å²) in [4.78, 5) is 16.6. The number of aromatic nitrogens is 1. The van der Waals surface area contributed by atoms with E-state index in [4.69, 9.17) is 28.2 Å². The first-order valence-corrected chi connectivity index (χ1v) is 9.76. The number of aromatic hydroxyl groups is 1. The number of hydrogen-bond donors (Lipinski definition) is 3. The van der Waals surface area contributed by atoms with Crippen LogP contribution in [0.2, 0.25) is 5.02 Å². The lowest BCUT2D eigenvalue weighted by Crippen LogP contribution is -2.34. The Bertz CT molecular complexity index is 1270. The van der Waals surface area contributed by atoms with Gasteiger partial charge in [0.25, 0.3) is 5.91 Å². The lowest BCUT2D eigenvalue weighted by Gasteiger charge is -2.11. The van der Waals surface area contributed by atoms with E-state index in [9.17, 15) is 9.90 Å². The number of aryl methyl sites for hydroxylation is 1. The van der Waals surface area contributed by atoms with Gasteiger partial charge < -0.3 is 14.8 Å². The molecule has 0 aliphatic heterocycles. The number of halogens is 1. The molecule has 3 N–H and O–H groups in total. The summed E-state index contributed by atoms with van der Waals surface area (Å²) in [7, 11) is 0. The summed E-state index contributed by atoms with van der Waals surface area (Å²) >= 11 is 11.0. The first-order valence-electron chi connectivity index (χ1n) is 8.97. The Morgan fingerprint density at radius 3 is 2.60 bits per heavy atom. The highest BCUT2D eigenvalue weighted by atomic mass is 35.5. The normalized spacial score (nSPS) is 10.7. The largest absolute Gasteiger partial charge is 0.507 e. The predicted molar refractivity (Wildman–Crippen MR) is 121 cm³/mol. The topological polar surface area (TPSA) is 87.4 Å². The molecule has 8 heteroatoms. The molecule has 0 atom stereocenters. The number of rotatable bonds is 3. The summed E-state index contributed by atoms with van der Waals surface area (Å²) in [5.41, 5.74) is 3.80. The van der Waals surface area contributed by atoms with Crippen molar-refractivity contribution >= 4 is 51.6 Å². The molecule has 0 saturated heterocycles. The van der Waals surface area contributed by atoms with Crippen molar-refractivity contribution in [1.82, 2.24) is 10.3 Å². The Labute approximate surface area is 182 Å². The standard InChI is InChI=1S/C22H16ClN3O3S/c1-12-2-9-17-19(10-12)29-21(25-17)16-8-7-15(11-18(16)27)24-22(30)26-20(28)13-3-5-14(23)6-4-13/h2-11,27H,1H3,(H2,24,26,28,30). The van der Waals surface area contributed by atoms with Gasteiger partial charge in [-0.15, -0.1) is 0 Å². The first-order chi connectivity index (χ1) is 14.4. The average molecular weight is 438 g/mol. The second-order valence-corrected chi connectivity index (χ2v) is 7.48. The number of oxazole rings is 1. The highest BCUT2D eigenvalue weighted by molar-refractivity contribution is 7.80. The number of benzene rings is 3. The fraction of sp³-hybridized carbons (Fsp3) is 0.0455. The van der Waals surface area contributed by atoms with Gasteiger partial charge in [0.05, 0.1) is 5.56 Å². The van der Waals surface area contributed by atoms with Crippen LogP contribution in [-0.4, -0.2) is 21.1 Å². The number of anilines is 1. The van der Waals surface area contributed by atoms with Crippen molar-refractivity contribution in [2.24, 2.45) is 0 Å². The quantitative estimate of drug-likeness (QED) is 0.377. The second-order valence-electron chi connectivity index (χ2n) is 6.64. The number of nitrogens with zero attached hydrogens (tertiary/aromatic N) is 1. The zero-order chi connectivity index (χ0) is 21.3. The van der Waals surface area contributed by atoms with Gasteiger partial charge in [-0.1, -0.05) is 17.7 Å². The van der Waals surface area contributed by atoms with Crippen LogP contribution in [0, 0.1) is 6.92 Å². The lowest BCUT2D eigenvalue weighted by atomic mass is 10.2. The number of phenols is 1. The van der Waals surface area contributed by atoms with Crippen LogP contribution in [-0.2, 0) is 0 Å². The van der Waals surface area contributed by atoms with Crippen LogP contribution >= 0.6 is 23.8 Å². The minimum Gasteiger partial charge on any atom is -0.507 e. The average Bonchev–Trinajstić information content (AvgIpc) is 3.11. The fourth-order valence-corrected chi connectivity index (χ4v) is 3.21. The smallest absolute Gasteiger partial charge is 0.257 e. The molecule has 3 aromatic carbocycles. The minimum absolute atomic E-state index is 0.0323. The molecule has 0 saturated carbocycles. The Balaban J connectivity index is 1.47. The fourth-order valence-electron chi connectivity index (χ4n) is 2.88. The summed E-state index contributed by atoms with van der Waals surface area (Å²) in [6, 6.07) is 17.0. The molecule has 1 heterocycles. The number of carbonyl (C=O) groups excluding carboxylic acids is 1. The number of phenolic OH excluding ortho intramolecular Hbond substituents is 1. The summed E-state index contributed by atoms with van der Waals surface area (Å²) in [6.07, 6.45) is 0. The minimum atomic E-state index is -0.369. The van der Waals surface area contributed by atoms with E-state index in [1.807, 2.05) is 25.1 Å². The van der Waals surface area contributed by atoms with Crippen molar-refractivity contribution in [3.8, 4) is 17.2 Å². The van der Waals surface area contributed by atoms with Crippen LogP contribution in [0.15, 0.2) is 65.1 Å². The van der Waals surface area contributed by atoms with Gasteiger partial charge in [0.1, 0.15) is 11.3 Å². The number of nitrogens with one attached hydrogen (secondary N) is 2. The maximum atomic E-state index is 12.2. The molecule has 1 aromatic heterocycles. The van der Waals surface area contributed by atoms with Crippen molar-refractivity contribution in [3.63, 3.8) is 0 Å². The molecule has 150 valence electrons.